The molecule has 0 aliphatic rings. The molecule has 0 heterocycles. The molecule has 0 aromatic carbocycles. The summed E-state index contributed by atoms with van der Waals surface area (Å²) in [5.41, 5.74) is 0. The number of hydrogen-bond donors (Lipinski definition) is 0. The third-order valence-electron chi connectivity index (χ3n) is 0. The Morgan fingerprint density at radius 1 is 0.667 bits per heavy atom. The van der Waals surface area contributed by atoms with E-state index in [9.17, 15) is 16.4 Å². The van der Waals surface area contributed by atoms with Gasteiger partial charge in [-0.3, -0.25) is 0 Å². The van der Waals surface area contributed by atoms with E-state index >= 15 is 0 Å². The van der Waals surface area contributed by atoms with Crippen LogP contribution in [0.1, 0.15) is 0 Å². The van der Waals surface area contributed by atoms with Crippen molar-refractivity contribution in [1.29, 1.82) is 0 Å². The third-order valence-corrected chi connectivity index (χ3v) is 0. The molecule has 0 nitrogen and oxygen atoms in total. The average molecular weight is 285 g/mol. The molecule has 6 heteroatoms. The Morgan fingerprint density at radius 2 is 0.667 bits per heavy atom. The van der Waals surface area contributed by atoms with Crippen LogP contribution in [0, 0.1) is 0 Å². The molecule has 0 aromatic rings. The van der Waals surface area contributed by atoms with Crippen LogP contribution in [0.4, 0.5) is 16.4 Å². The monoisotopic (exact) mass is 287 g/mol. The Labute approximate surface area is 33.7 Å². The van der Waals surface area contributed by atoms with E-state index in [1.54, 1.807) is 0 Å². The summed E-state index contributed by atoms with van der Waals surface area (Å²) in [6, 6.07) is 0. The van der Waals surface area contributed by atoms with Gasteiger partial charge >= 0.3 is 32.8 Å². The van der Waals surface area contributed by atoms with Crippen molar-refractivity contribution in [1.82, 2.24) is 0 Å². The van der Waals surface area contributed by atoms with Gasteiger partial charge in [-0.25, -0.2) is 0 Å². The van der Waals surface area contributed by atoms with Gasteiger partial charge in [-0.2, -0.15) is 0 Å². The zero-order chi connectivity index (χ0) is 5.45. The summed E-state index contributed by atoms with van der Waals surface area (Å²) in [5.74, 6) is 0. The SMILES string of the molecule is [F][Os]([F])([F])([F])[F]. The van der Waals surface area contributed by atoms with Gasteiger partial charge in [-0.05, 0) is 0 Å². The molecule has 0 rings (SSSR count). The molecule has 0 aliphatic heterocycles. The fourth-order valence-electron chi connectivity index (χ4n) is 0. The molecule has 43 valence electrons. The van der Waals surface area contributed by atoms with Crippen LogP contribution in [0.25, 0.3) is 0 Å². The summed E-state index contributed by atoms with van der Waals surface area (Å²) in [6.07, 6.45) is 0. The van der Waals surface area contributed by atoms with Crippen molar-refractivity contribution in [3.63, 3.8) is 0 Å². The number of halogens is 5. The predicted octanol–water partition coefficient (Wildman–Crippen LogP) is 2.10. The van der Waals surface area contributed by atoms with Crippen molar-refractivity contribution in [2.24, 2.45) is 0 Å². The first-order chi connectivity index (χ1) is 2.24. The molecule has 0 amide bonds. The van der Waals surface area contributed by atoms with E-state index in [2.05, 4.69) is 0 Å². The maximum atomic E-state index is 9.91. The van der Waals surface area contributed by atoms with Crippen molar-refractivity contribution >= 4 is 0 Å². The normalized spacial score (nSPS) is 19.2. The van der Waals surface area contributed by atoms with Crippen LogP contribution >= 0.6 is 0 Å². The molecule has 0 radical (unpaired) electrons. The number of hydrogen-bond acceptors (Lipinski definition) is 0. The quantitative estimate of drug-likeness (QED) is 0.598. The first kappa shape index (κ1) is 6.29. The van der Waals surface area contributed by atoms with E-state index in [4.69, 9.17) is 0 Å². The van der Waals surface area contributed by atoms with Crippen LogP contribution in [0.15, 0.2) is 0 Å². The Hall–Kier alpha value is 0.286. The summed E-state index contributed by atoms with van der Waals surface area (Å²) in [4.78, 5) is 0. The van der Waals surface area contributed by atoms with Gasteiger partial charge in [0.15, 0.2) is 0 Å². The summed E-state index contributed by atoms with van der Waals surface area (Å²) in [7, 11) is 0. The maximum absolute atomic E-state index is 9.91. The van der Waals surface area contributed by atoms with E-state index in [1.165, 1.54) is 0 Å². The standard InChI is InChI=1S/5FH.Os/h5*1H;/q;;;;;+5/p-5. The van der Waals surface area contributed by atoms with Crippen LogP contribution in [0.2, 0.25) is 0 Å². The molecule has 0 unspecified atom stereocenters. The van der Waals surface area contributed by atoms with Gasteiger partial charge in [0.2, 0.25) is 0 Å². The molecule has 0 saturated heterocycles. The average Bonchev–Trinajstić information content (AvgIpc) is 0.650. The second-order valence-corrected chi connectivity index (χ2v) is 4.13. The molecular formula is F5Os. The third kappa shape index (κ3) is 565. The van der Waals surface area contributed by atoms with Crippen molar-refractivity contribution < 1.29 is 32.8 Å². The molecule has 0 atom stereocenters. The Balaban J connectivity index is 3.73. The molecule has 0 fully saturated rings. The van der Waals surface area contributed by atoms with Crippen LogP contribution < -0.4 is 0 Å². The summed E-state index contributed by atoms with van der Waals surface area (Å²) < 4.78 is 49.5. The van der Waals surface area contributed by atoms with Gasteiger partial charge in [0.1, 0.15) is 0 Å². The van der Waals surface area contributed by atoms with Gasteiger partial charge < -0.3 is 0 Å². The van der Waals surface area contributed by atoms with Gasteiger partial charge in [-0.1, -0.05) is 0 Å². The van der Waals surface area contributed by atoms with Gasteiger partial charge in [0, 0.05) is 0 Å². The van der Waals surface area contributed by atoms with Crippen molar-refractivity contribution in [3.05, 3.63) is 0 Å². The molecular weight excluding hydrogens is 285 g/mol. The second kappa shape index (κ2) is 0.918. The number of rotatable bonds is 0. The summed E-state index contributed by atoms with van der Waals surface area (Å²) in [6.45, 7) is 0. The fraction of sp³-hybridized carbons (Fsp3) is 0. The summed E-state index contributed by atoms with van der Waals surface area (Å²) >= 11 is -9.15. The van der Waals surface area contributed by atoms with Crippen molar-refractivity contribution in [2.45, 2.75) is 0 Å². The van der Waals surface area contributed by atoms with Gasteiger partial charge in [-0.15, -0.1) is 0 Å². The first-order valence-electron chi connectivity index (χ1n) is 0.668. The first-order valence-corrected chi connectivity index (χ1v) is 5.47. The molecule has 6 heavy (non-hydrogen) atoms. The molecule has 0 aliphatic carbocycles. The Bertz CT molecular complexity index is 37.1. The minimum atomic E-state index is -9.15. The van der Waals surface area contributed by atoms with E-state index in [1.807, 2.05) is 0 Å². The Morgan fingerprint density at radius 3 is 0.667 bits per heavy atom. The van der Waals surface area contributed by atoms with E-state index in [0.29, 0.717) is 0 Å². The molecule has 0 spiro atoms. The van der Waals surface area contributed by atoms with Crippen LogP contribution in [-0.4, -0.2) is 0 Å². The predicted molar refractivity (Wildman–Crippen MR) is 5.54 cm³/mol. The van der Waals surface area contributed by atoms with Crippen LogP contribution in [0.3, 0.4) is 0 Å². The van der Waals surface area contributed by atoms with E-state index < -0.39 is 16.4 Å². The fourth-order valence-corrected chi connectivity index (χ4v) is 0. The Kier molecular flexibility index (Phi) is 0.962. The zero-order valence-corrected chi connectivity index (χ0v) is 4.78. The second-order valence-electron chi connectivity index (χ2n) is 0.505. The topological polar surface area (TPSA) is 0 Å². The molecule has 0 aromatic heterocycles. The van der Waals surface area contributed by atoms with Gasteiger partial charge in [0.25, 0.3) is 0 Å². The van der Waals surface area contributed by atoms with E-state index in [0.717, 1.165) is 0 Å². The van der Waals surface area contributed by atoms with Crippen LogP contribution in [-0.2, 0) is 16.4 Å². The molecule has 0 N–H and O–H groups in total. The van der Waals surface area contributed by atoms with E-state index in [-0.39, 0.29) is 0 Å². The molecule has 0 saturated carbocycles. The van der Waals surface area contributed by atoms with Crippen molar-refractivity contribution in [3.8, 4) is 0 Å². The minimum absolute atomic E-state index is 9.15. The van der Waals surface area contributed by atoms with Crippen LogP contribution in [0.5, 0.6) is 0 Å². The summed E-state index contributed by atoms with van der Waals surface area (Å²) in [5, 5.41) is 0. The zero-order valence-electron chi connectivity index (χ0n) is 2.24. The molecule has 0 bridgehead atoms. The van der Waals surface area contributed by atoms with Gasteiger partial charge in [0.05, 0.1) is 0 Å². The van der Waals surface area contributed by atoms with Crippen molar-refractivity contribution in [2.75, 3.05) is 0 Å².